The number of hydrogen-bond donors (Lipinski definition) is 0. The van der Waals surface area contributed by atoms with E-state index in [9.17, 15) is 19.6 Å². The summed E-state index contributed by atoms with van der Waals surface area (Å²) in [5, 5.41) is 9.99. The van der Waals surface area contributed by atoms with Gasteiger partial charge in [0.05, 0.1) is 27.4 Å². The van der Waals surface area contributed by atoms with E-state index in [2.05, 4.69) is 0 Å². The first-order valence-corrected chi connectivity index (χ1v) is 10.9. The monoisotopic (exact) mass is 490 g/mol. The van der Waals surface area contributed by atoms with Crippen molar-refractivity contribution in [1.82, 2.24) is 4.90 Å². The highest BCUT2D eigenvalue weighted by molar-refractivity contribution is 6.02. The third-order valence-electron chi connectivity index (χ3n) is 5.51. The number of ether oxygens (including phenoxy) is 4. The average molecular weight is 490 g/mol. The van der Waals surface area contributed by atoms with Crippen molar-refractivity contribution in [1.29, 1.82) is 5.26 Å². The second kappa shape index (κ2) is 10.8. The minimum atomic E-state index is -0.935. The molecule has 0 spiro atoms. The zero-order chi connectivity index (χ0) is 25.7. The van der Waals surface area contributed by atoms with Gasteiger partial charge in [-0.05, 0) is 48.0 Å². The molecule has 0 unspecified atom stereocenters. The Morgan fingerprint density at radius 1 is 1.03 bits per heavy atom. The Balaban J connectivity index is 1.58. The van der Waals surface area contributed by atoms with Gasteiger partial charge < -0.3 is 28.3 Å². The molecule has 1 fully saturated rings. The number of rotatable bonds is 6. The van der Waals surface area contributed by atoms with Crippen molar-refractivity contribution >= 4 is 28.9 Å². The number of amides is 1. The molecule has 0 aliphatic carbocycles. The number of esters is 1. The van der Waals surface area contributed by atoms with Crippen molar-refractivity contribution in [3.8, 4) is 23.3 Å². The van der Waals surface area contributed by atoms with Crippen LogP contribution in [-0.4, -0.2) is 57.3 Å². The number of morpholine rings is 1. The summed E-state index contributed by atoms with van der Waals surface area (Å²) in [5.41, 5.74) is -0.415. The maximum atomic E-state index is 12.8. The molecule has 10 nitrogen and oxygen atoms in total. The van der Waals surface area contributed by atoms with Crippen LogP contribution in [0, 0.1) is 11.3 Å². The quantitative estimate of drug-likeness (QED) is 0.168. The lowest BCUT2D eigenvalue weighted by atomic mass is 10.1. The normalized spacial score (nSPS) is 13.7. The molecule has 2 aromatic carbocycles. The van der Waals surface area contributed by atoms with Gasteiger partial charge in [-0.15, -0.1) is 0 Å². The van der Waals surface area contributed by atoms with Crippen molar-refractivity contribution in [2.24, 2.45) is 0 Å². The van der Waals surface area contributed by atoms with Gasteiger partial charge in [-0.25, -0.2) is 9.59 Å². The van der Waals surface area contributed by atoms with Crippen LogP contribution in [0.2, 0.25) is 0 Å². The highest BCUT2D eigenvalue weighted by Gasteiger charge is 2.22. The predicted octanol–water partition coefficient (Wildman–Crippen LogP) is 2.80. The lowest BCUT2D eigenvalue weighted by Gasteiger charge is -2.26. The molecule has 1 saturated heterocycles. The second-order valence-corrected chi connectivity index (χ2v) is 7.73. The first-order chi connectivity index (χ1) is 17.4. The summed E-state index contributed by atoms with van der Waals surface area (Å²) >= 11 is 0. The van der Waals surface area contributed by atoms with Crippen LogP contribution in [0.5, 0.6) is 17.2 Å². The fraction of sp³-hybridized carbons (Fsp3) is 0.231. The molecule has 0 atom stereocenters. The van der Waals surface area contributed by atoms with Crippen molar-refractivity contribution in [2.75, 3.05) is 40.5 Å². The van der Waals surface area contributed by atoms with Crippen LogP contribution in [0.1, 0.15) is 15.9 Å². The zero-order valence-electron chi connectivity index (χ0n) is 19.6. The van der Waals surface area contributed by atoms with Crippen LogP contribution in [0.3, 0.4) is 0 Å². The molecule has 1 aliphatic heterocycles. The average Bonchev–Trinajstić information content (AvgIpc) is 2.91. The molecule has 10 heteroatoms. The molecule has 1 amide bonds. The molecule has 2 heterocycles. The van der Waals surface area contributed by atoms with Gasteiger partial charge in [-0.3, -0.25) is 4.79 Å². The number of methoxy groups -OCH3 is 2. The van der Waals surface area contributed by atoms with E-state index >= 15 is 0 Å². The Bertz CT molecular complexity index is 1440. The molecule has 1 aliphatic rings. The highest BCUT2D eigenvalue weighted by Crippen LogP contribution is 2.30. The van der Waals surface area contributed by atoms with Crippen LogP contribution in [0.25, 0.3) is 17.0 Å². The van der Waals surface area contributed by atoms with Crippen molar-refractivity contribution in [2.45, 2.75) is 0 Å². The van der Waals surface area contributed by atoms with Crippen LogP contribution in [0.4, 0.5) is 0 Å². The Morgan fingerprint density at radius 3 is 2.50 bits per heavy atom. The van der Waals surface area contributed by atoms with Crippen molar-refractivity contribution < 1.29 is 33.0 Å². The molecule has 3 aromatic rings. The summed E-state index contributed by atoms with van der Waals surface area (Å²) in [7, 11) is 2.87. The number of hydrogen-bond acceptors (Lipinski definition) is 9. The van der Waals surface area contributed by atoms with Gasteiger partial charge in [0.2, 0.25) is 0 Å². The maximum Gasteiger partial charge on any atom is 0.351 e. The summed E-state index contributed by atoms with van der Waals surface area (Å²) in [6.07, 6.45) is 1.43. The van der Waals surface area contributed by atoms with Gasteiger partial charge in [-0.1, -0.05) is 6.07 Å². The molecule has 184 valence electrons. The van der Waals surface area contributed by atoms with Gasteiger partial charge in [0, 0.05) is 18.5 Å². The standard InChI is InChI=1S/C26H22N2O8/c1-32-19-4-6-21-17(13-19)14-20(25(30)35-21)26(31)36-22-5-3-16(12-23(22)33-2)11-18(15-27)24(29)28-7-9-34-10-8-28/h3-6,11-14H,7-10H2,1-2H3/b18-11+. The van der Waals surface area contributed by atoms with Crippen LogP contribution in [0.15, 0.2) is 57.2 Å². The minimum absolute atomic E-state index is 0.0443. The summed E-state index contributed by atoms with van der Waals surface area (Å²) in [6, 6.07) is 12.6. The van der Waals surface area contributed by atoms with Gasteiger partial charge in [0.25, 0.3) is 5.91 Å². The molecular formula is C26H22N2O8. The first-order valence-electron chi connectivity index (χ1n) is 10.9. The molecule has 0 radical (unpaired) electrons. The van der Waals surface area contributed by atoms with E-state index in [4.69, 9.17) is 23.4 Å². The summed E-state index contributed by atoms with van der Waals surface area (Å²) in [4.78, 5) is 39.4. The fourth-order valence-electron chi connectivity index (χ4n) is 3.63. The van der Waals surface area contributed by atoms with E-state index < -0.39 is 17.5 Å². The number of nitrogens with zero attached hydrogens (tertiary/aromatic N) is 2. The van der Waals surface area contributed by atoms with Gasteiger partial charge >= 0.3 is 11.6 Å². The molecule has 0 N–H and O–H groups in total. The molecular weight excluding hydrogens is 468 g/mol. The lowest BCUT2D eigenvalue weighted by Crippen LogP contribution is -2.41. The van der Waals surface area contributed by atoms with Crippen molar-refractivity contribution in [3.05, 3.63) is 69.6 Å². The highest BCUT2D eigenvalue weighted by atomic mass is 16.6. The first kappa shape index (κ1) is 24.5. The summed E-state index contributed by atoms with van der Waals surface area (Å²) in [5.74, 6) is -0.585. The Kier molecular flexibility index (Phi) is 7.32. The third-order valence-corrected chi connectivity index (χ3v) is 5.51. The topological polar surface area (TPSA) is 128 Å². The van der Waals surface area contributed by atoms with E-state index in [-0.39, 0.29) is 22.6 Å². The lowest BCUT2D eigenvalue weighted by molar-refractivity contribution is -0.130. The largest absolute Gasteiger partial charge is 0.497 e. The minimum Gasteiger partial charge on any atom is -0.497 e. The molecule has 1 aromatic heterocycles. The van der Waals surface area contributed by atoms with Gasteiger partial charge in [0.1, 0.15) is 28.5 Å². The fourth-order valence-corrected chi connectivity index (χ4v) is 3.63. The maximum absolute atomic E-state index is 12.8. The number of benzene rings is 2. The molecule has 0 saturated carbocycles. The van der Waals surface area contributed by atoms with E-state index in [1.54, 1.807) is 29.2 Å². The number of carbonyl (C=O) groups excluding carboxylic acids is 2. The molecule has 0 bridgehead atoms. The van der Waals surface area contributed by atoms with Crippen LogP contribution in [-0.2, 0) is 9.53 Å². The number of nitriles is 1. The SMILES string of the molecule is COc1ccc2oc(=O)c(C(=O)Oc3ccc(/C=C(\C#N)C(=O)N4CCOCC4)cc3OC)cc2c1. The van der Waals surface area contributed by atoms with Crippen LogP contribution < -0.4 is 19.8 Å². The van der Waals surface area contributed by atoms with E-state index in [1.807, 2.05) is 6.07 Å². The van der Waals surface area contributed by atoms with Gasteiger partial charge in [-0.2, -0.15) is 5.26 Å². The Labute approximate surface area is 205 Å². The molecule has 36 heavy (non-hydrogen) atoms. The summed E-state index contributed by atoms with van der Waals surface area (Å²) < 4.78 is 26.4. The summed E-state index contributed by atoms with van der Waals surface area (Å²) in [6.45, 7) is 1.65. The number of carbonyl (C=O) groups is 2. The predicted molar refractivity (Wildman–Crippen MR) is 128 cm³/mol. The zero-order valence-corrected chi connectivity index (χ0v) is 19.6. The van der Waals surface area contributed by atoms with E-state index in [1.165, 1.54) is 38.5 Å². The van der Waals surface area contributed by atoms with Gasteiger partial charge in [0.15, 0.2) is 11.5 Å². The Morgan fingerprint density at radius 2 is 1.81 bits per heavy atom. The number of fused-ring (bicyclic) bond motifs is 1. The van der Waals surface area contributed by atoms with Crippen molar-refractivity contribution in [3.63, 3.8) is 0 Å². The second-order valence-electron chi connectivity index (χ2n) is 7.73. The Hall–Kier alpha value is -4.62. The van der Waals surface area contributed by atoms with E-state index in [0.717, 1.165) is 0 Å². The third kappa shape index (κ3) is 5.21. The molecule has 4 rings (SSSR count). The smallest absolute Gasteiger partial charge is 0.351 e. The van der Waals surface area contributed by atoms with Crippen LogP contribution >= 0.6 is 0 Å². The van der Waals surface area contributed by atoms with E-state index in [0.29, 0.717) is 48.6 Å².